The molecule has 0 spiro atoms. The van der Waals surface area contributed by atoms with Crippen LogP contribution in [0.5, 0.6) is 11.5 Å². The van der Waals surface area contributed by atoms with Crippen molar-refractivity contribution in [1.82, 2.24) is 14.9 Å². The number of aliphatic hydroxyl groups excluding tert-OH is 1. The van der Waals surface area contributed by atoms with Crippen LogP contribution in [0.4, 0.5) is 11.8 Å². The van der Waals surface area contributed by atoms with E-state index in [0.29, 0.717) is 60.3 Å². The Kier molecular flexibility index (Phi) is 7.09. The lowest BCUT2D eigenvalue weighted by Crippen LogP contribution is -2.49. The molecule has 1 fully saturated rings. The van der Waals surface area contributed by atoms with Crippen LogP contribution < -0.4 is 20.1 Å². The van der Waals surface area contributed by atoms with E-state index in [1.54, 1.807) is 38.2 Å². The molecule has 0 aliphatic carbocycles. The van der Waals surface area contributed by atoms with E-state index in [9.17, 15) is 9.90 Å². The number of fused-ring (bicyclic) bond motifs is 1. The van der Waals surface area contributed by atoms with E-state index in [1.165, 1.54) is 0 Å². The van der Waals surface area contributed by atoms with Gasteiger partial charge >= 0.3 is 0 Å². The van der Waals surface area contributed by atoms with Crippen LogP contribution in [0.3, 0.4) is 0 Å². The number of carbonyl (C=O) groups excluding carboxylic acids is 1. The zero-order valence-corrected chi connectivity index (χ0v) is 17.0. The van der Waals surface area contributed by atoms with Crippen LogP contribution in [-0.2, 0) is 4.79 Å². The number of anilines is 2. The third-order valence-electron chi connectivity index (χ3n) is 4.60. The van der Waals surface area contributed by atoms with Gasteiger partial charge in [0.05, 0.1) is 32.3 Å². The standard InChI is InChI=1S/C18H25N5O4.ClH/c1-11(24)8-16(25)22-4-6-23(7-5-22)18-20-13-10-15(27-3)14(26-2)9-12(13)17(19)21-18;/h9-11,24H,4-8H2,1-3H3,(H2,19,20,21);1H. The average Bonchev–Trinajstić information content (AvgIpc) is 2.66. The monoisotopic (exact) mass is 411 g/mol. The molecule has 1 saturated heterocycles. The molecule has 2 heterocycles. The fraction of sp³-hybridized carbons (Fsp3) is 0.500. The Morgan fingerprint density at radius 1 is 1.18 bits per heavy atom. The fourth-order valence-corrected chi connectivity index (χ4v) is 3.15. The molecule has 1 aromatic heterocycles. The van der Waals surface area contributed by atoms with Crippen molar-refractivity contribution < 1.29 is 19.4 Å². The summed E-state index contributed by atoms with van der Waals surface area (Å²) in [5.74, 6) is 1.99. The van der Waals surface area contributed by atoms with Crippen LogP contribution in [-0.4, -0.2) is 72.4 Å². The first-order chi connectivity index (χ1) is 12.9. The summed E-state index contributed by atoms with van der Waals surface area (Å²) >= 11 is 0. The quantitative estimate of drug-likeness (QED) is 0.751. The van der Waals surface area contributed by atoms with Crippen LogP contribution in [0.1, 0.15) is 13.3 Å². The van der Waals surface area contributed by atoms with Crippen LogP contribution in [0.2, 0.25) is 0 Å². The van der Waals surface area contributed by atoms with Gasteiger partial charge in [0.15, 0.2) is 11.5 Å². The molecule has 0 bridgehead atoms. The fourth-order valence-electron chi connectivity index (χ4n) is 3.15. The van der Waals surface area contributed by atoms with Crippen molar-refractivity contribution in [2.24, 2.45) is 0 Å². The topological polar surface area (TPSA) is 114 Å². The second-order valence-corrected chi connectivity index (χ2v) is 6.55. The van der Waals surface area contributed by atoms with Crippen molar-refractivity contribution in [3.05, 3.63) is 12.1 Å². The number of ether oxygens (including phenoxy) is 2. The van der Waals surface area contributed by atoms with E-state index in [4.69, 9.17) is 15.2 Å². The van der Waals surface area contributed by atoms with Crippen LogP contribution in [0, 0.1) is 0 Å². The largest absolute Gasteiger partial charge is 0.493 e. The summed E-state index contributed by atoms with van der Waals surface area (Å²) in [4.78, 5) is 24.9. The smallest absolute Gasteiger partial charge is 0.228 e. The molecule has 1 unspecified atom stereocenters. The van der Waals surface area contributed by atoms with Gasteiger partial charge in [0.25, 0.3) is 0 Å². The minimum absolute atomic E-state index is 0. The van der Waals surface area contributed by atoms with Crippen molar-refractivity contribution in [1.29, 1.82) is 0 Å². The Morgan fingerprint density at radius 3 is 2.36 bits per heavy atom. The van der Waals surface area contributed by atoms with Crippen molar-refractivity contribution in [3.63, 3.8) is 0 Å². The highest BCUT2D eigenvalue weighted by atomic mass is 35.5. The third kappa shape index (κ3) is 4.48. The summed E-state index contributed by atoms with van der Waals surface area (Å²) in [7, 11) is 3.13. The van der Waals surface area contributed by atoms with Gasteiger partial charge in [0.2, 0.25) is 11.9 Å². The Hall–Kier alpha value is -2.52. The van der Waals surface area contributed by atoms with E-state index in [2.05, 4.69) is 9.97 Å². The van der Waals surface area contributed by atoms with Gasteiger partial charge in [-0.2, -0.15) is 4.98 Å². The normalized spacial score (nSPS) is 15.1. The van der Waals surface area contributed by atoms with Gasteiger partial charge < -0.3 is 30.1 Å². The summed E-state index contributed by atoms with van der Waals surface area (Å²) in [5, 5.41) is 10.1. The number of hydrogen-bond donors (Lipinski definition) is 2. The number of aliphatic hydroxyl groups is 1. The lowest BCUT2D eigenvalue weighted by molar-refractivity contribution is -0.133. The Labute approximate surface area is 169 Å². The zero-order chi connectivity index (χ0) is 19.6. The van der Waals surface area contributed by atoms with Gasteiger partial charge in [-0.25, -0.2) is 4.98 Å². The minimum Gasteiger partial charge on any atom is -0.493 e. The first kappa shape index (κ1) is 21.8. The van der Waals surface area contributed by atoms with E-state index >= 15 is 0 Å². The molecule has 1 atom stereocenters. The van der Waals surface area contributed by atoms with Gasteiger partial charge in [0.1, 0.15) is 5.82 Å². The highest BCUT2D eigenvalue weighted by Gasteiger charge is 2.24. The maximum absolute atomic E-state index is 12.1. The number of nitrogens with zero attached hydrogens (tertiary/aromatic N) is 4. The van der Waals surface area contributed by atoms with E-state index in [1.807, 2.05) is 4.90 Å². The molecule has 3 N–H and O–H groups in total. The first-order valence-electron chi connectivity index (χ1n) is 8.83. The average molecular weight is 412 g/mol. The zero-order valence-electron chi connectivity index (χ0n) is 16.2. The lowest BCUT2D eigenvalue weighted by Gasteiger charge is -2.35. The maximum Gasteiger partial charge on any atom is 0.228 e. The predicted octanol–water partition coefficient (Wildman–Crippen LogP) is 1.07. The summed E-state index contributed by atoms with van der Waals surface area (Å²) in [6, 6.07) is 3.54. The molecule has 3 rings (SSSR count). The van der Waals surface area contributed by atoms with Crippen molar-refractivity contribution in [2.75, 3.05) is 51.0 Å². The Morgan fingerprint density at radius 2 is 1.79 bits per heavy atom. The number of methoxy groups -OCH3 is 2. The van der Waals surface area contributed by atoms with Crippen molar-refractivity contribution >= 4 is 41.0 Å². The predicted molar refractivity (Wildman–Crippen MR) is 109 cm³/mol. The number of amides is 1. The number of hydrogen-bond acceptors (Lipinski definition) is 8. The van der Waals surface area contributed by atoms with Crippen molar-refractivity contribution in [3.8, 4) is 11.5 Å². The molecule has 1 aliphatic heterocycles. The molecule has 1 aliphatic rings. The second kappa shape index (κ2) is 9.11. The molecule has 0 radical (unpaired) electrons. The molecular formula is C18H26ClN5O4. The van der Waals surface area contributed by atoms with Crippen LogP contribution >= 0.6 is 12.4 Å². The van der Waals surface area contributed by atoms with E-state index in [-0.39, 0.29) is 24.7 Å². The van der Waals surface area contributed by atoms with Crippen LogP contribution in [0.15, 0.2) is 12.1 Å². The summed E-state index contributed by atoms with van der Waals surface area (Å²) in [6.45, 7) is 3.92. The number of nitrogen functional groups attached to an aromatic ring is 1. The highest BCUT2D eigenvalue weighted by Crippen LogP contribution is 2.34. The molecule has 154 valence electrons. The second-order valence-electron chi connectivity index (χ2n) is 6.55. The number of piperazine rings is 1. The molecule has 2 aromatic rings. The highest BCUT2D eigenvalue weighted by molar-refractivity contribution is 5.91. The molecule has 10 heteroatoms. The number of carbonyl (C=O) groups is 1. The summed E-state index contributed by atoms with van der Waals surface area (Å²) in [6.07, 6.45) is -0.493. The number of halogens is 1. The number of benzene rings is 1. The summed E-state index contributed by atoms with van der Waals surface area (Å²) < 4.78 is 10.6. The minimum atomic E-state index is -0.633. The molecule has 1 aromatic carbocycles. The molecule has 9 nitrogen and oxygen atoms in total. The molecular weight excluding hydrogens is 386 g/mol. The van der Waals surface area contributed by atoms with Gasteiger partial charge in [-0.05, 0) is 13.0 Å². The van der Waals surface area contributed by atoms with Gasteiger partial charge in [-0.3, -0.25) is 4.79 Å². The maximum atomic E-state index is 12.1. The number of aromatic nitrogens is 2. The van der Waals surface area contributed by atoms with Gasteiger partial charge in [-0.15, -0.1) is 12.4 Å². The molecule has 0 saturated carbocycles. The van der Waals surface area contributed by atoms with Crippen molar-refractivity contribution in [2.45, 2.75) is 19.4 Å². The summed E-state index contributed by atoms with van der Waals surface area (Å²) in [5.41, 5.74) is 6.81. The van der Waals surface area contributed by atoms with E-state index in [0.717, 1.165) is 0 Å². The Bertz CT molecular complexity index is 840. The Balaban J connectivity index is 0.00000280. The molecule has 1 amide bonds. The van der Waals surface area contributed by atoms with E-state index < -0.39 is 6.10 Å². The number of rotatable bonds is 5. The third-order valence-corrected chi connectivity index (χ3v) is 4.60. The number of nitrogens with two attached hydrogens (primary N) is 1. The lowest BCUT2D eigenvalue weighted by atomic mass is 10.2. The van der Waals surface area contributed by atoms with Gasteiger partial charge in [-0.1, -0.05) is 0 Å². The van der Waals surface area contributed by atoms with Gasteiger partial charge in [0, 0.05) is 37.6 Å². The van der Waals surface area contributed by atoms with Crippen LogP contribution in [0.25, 0.3) is 10.9 Å². The molecule has 28 heavy (non-hydrogen) atoms. The first-order valence-corrected chi connectivity index (χ1v) is 8.83. The SMILES string of the molecule is COc1cc2nc(N3CCN(C(=O)CC(C)O)CC3)nc(N)c2cc1OC.Cl.